The summed E-state index contributed by atoms with van der Waals surface area (Å²) in [5.41, 5.74) is 0. The van der Waals surface area contributed by atoms with Gasteiger partial charge >= 0.3 is 0 Å². The summed E-state index contributed by atoms with van der Waals surface area (Å²) >= 11 is 4.80. The molecule has 2 heteroatoms. The van der Waals surface area contributed by atoms with Crippen molar-refractivity contribution in [2.75, 3.05) is 19.0 Å². The third-order valence-corrected chi connectivity index (χ3v) is 2.79. The van der Waals surface area contributed by atoms with Gasteiger partial charge in [-0.3, -0.25) is 0 Å². The first-order valence-corrected chi connectivity index (χ1v) is 7.15. The molecule has 0 aliphatic carbocycles. The Bertz CT molecular complexity index is 94.7. The number of hydrogen-bond donors (Lipinski definition) is 0. The average molecular weight is 231 g/mol. The molecule has 0 bridgehead atoms. The SMILES string of the molecule is CCCCCCCCCCCOCC[S]. The number of rotatable bonds is 12. The molecule has 0 saturated heterocycles. The van der Waals surface area contributed by atoms with Crippen molar-refractivity contribution in [1.82, 2.24) is 0 Å². The third-order valence-electron chi connectivity index (χ3n) is 2.62. The van der Waals surface area contributed by atoms with E-state index in [1.54, 1.807) is 0 Å². The molecule has 0 fully saturated rings. The molecule has 0 aromatic rings. The molecule has 0 atom stereocenters. The minimum atomic E-state index is 0.734. The predicted octanol–water partition coefficient (Wildman–Crippen LogP) is 4.73. The highest BCUT2D eigenvalue weighted by Gasteiger charge is 1.92. The van der Waals surface area contributed by atoms with Gasteiger partial charge in [-0.15, -0.1) is 0 Å². The predicted molar refractivity (Wildman–Crippen MR) is 70.5 cm³/mol. The minimum Gasteiger partial charge on any atom is -0.381 e. The van der Waals surface area contributed by atoms with Gasteiger partial charge in [0.15, 0.2) is 0 Å². The molecule has 0 aliphatic rings. The lowest BCUT2D eigenvalue weighted by molar-refractivity contribution is 0.145. The minimum absolute atomic E-state index is 0.734. The molecule has 0 aromatic carbocycles. The molecule has 0 saturated carbocycles. The largest absolute Gasteiger partial charge is 0.381 e. The molecule has 0 spiro atoms. The lowest BCUT2D eigenvalue weighted by Gasteiger charge is -2.02. The molecule has 0 N–H and O–H groups in total. The molecule has 0 amide bonds. The fourth-order valence-electron chi connectivity index (χ4n) is 1.68. The van der Waals surface area contributed by atoms with E-state index in [2.05, 4.69) is 6.92 Å². The van der Waals surface area contributed by atoms with E-state index in [4.69, 9.17) is 17.4 Å². The molecule has 0 heterocycles. The van der Waals surface area contributed by atoms with Crippen molar-refractivity contribution >= 4 is 12.6 Å². The monoisotopic (exact) mass is 231 g/mol. The van der Waals surface area contributed by atoms with Gasteiger partial charge in [0.05, 0.1) is 6.61 Å². The van der Waals surface area contributed by atoms with Gasteiger partial charge < -0.3 is 4.74 Å². The van der Waals surface area contributed by atoms with Crippen LogP contribution < -0.4 is 0 Å². The van der Waals surface area contributed by atoms with E-state index < -0.39 is 0 Å². The van der Waals surface area contributed by atoms with Gasteiger partial charge in [0.1, 0.15) is 0 Å². The van der Waals surface area contributed by atoms with Crippen molar-refractivity contribution in [3.63, 3.8) is 0 Å². The molecule has 91 valence electrons. The molecule has 15 heavy (non-hydrogen) atoms. The number of unbranched alkanes of at least 4 members (excludes halogenated alkanes) is 8. The van der Waals surface area contributed by atoms with E-state index in [1.807, 2.05) is 0 Å². The van der Waals surface area contributed by atoms with Gasteiger partial charge in [-0.05, 0) is 6.42 Å². The van der Waals surface area contributed by atoms with E-state index in [9.17, 15) is 0 Å². The zero-order chi connectivity index (χ0) is 11.2. The van der Waals surface area contributed by atoms with E-state index in [0.29, 0.717) is 0 Å². The fourth-order valence-corrected chi connectivity index (χ4v) is 1.79. The maximum atomic E-state index is 5.34. The summed E-state index contributed by atoms with van der Waals surface area (Å²) in [7, 11) is 0. The standard InChI is InChI=1S/C13H27OS/c1-2-3-4-5-6-7-8-9-10-11-14-12-13-15/h2-13H2,1H3. The van der Waals surface area contributed by atoms with Crippen LogP contribution in [-0.4, -0.2) is 19.0 Å². The topological polar surface area (TPSA) is 9.23 Å². The van der Waals surface area contributed by atoms with Gasteiger partial charge in [-0.2, -0.15) is 0 Å². The molecule has 0 aromatic heterocycles. The van der Waals surface area contributed by atoms with Crippen molar-refractivity contribution in [2.24, 2.45) is 0 Å². The quantitative estimate of drug-likeness (QED) is 0.441. The first kappa shape index (κ1) is 15.3. The Balaban J connectivity index is 2.81. The van der Waals surface area contributed by atoms with Crippen LogP contribution in [0.3, 0.4) is 0 Å². The van der Waals surface area contributed by atoms with E-state index in [-0.39, 0.29) is 0 Å². The van der Waals surface area contributed by atoms with E-state index in [1.165, 1.54) is 57.8 Å². The zero-order valence-corrected chi connectivity index (χ0v) is 11.1. The highest BCUT2D eigenvalue weighted by atomic mass is 32.1. The highest BCUT2D eigenvalue weighted by molar-refractivity contribution is 7.80. The Kier molecular flexibility index (Phi) is 14.6. The second kappa shape index (κ2) is 14.3. The Morgan fingerprint density at radius 1 is 0.733 bits per heavy atom. The Hall–Kier alpha value is 0.310. The summed E-state index contributed by atoms with van der Waals surface area (Å²) in [6.07, 6.45) is 12.4. The van der Waals surface area contributed by atoms with Crippen LogP contribution in [0.15, 0.2) is 0 Å². The number of hydrogen-bond acceptors (Lipinski definition) is 1. The van der Waals surface area contributed by atoms with Crippen molar-refractivity contribution in [1.29, 1.82) is 0 Å². The maximum Gasteiger partial charge on any atom is 0.0565 e. The van der Waals surface area contributed by atoms with Gasteiger partial charge in [-0.1, -0.05) is 70.9 Å². The smallest absolute Gasteiger partial charge is 0.0565 e. The number of ether oxygens (including phenoxy) is 1. The second-order valence-corrected chi connectivity index (χ2v) is 4.55. The summed E-state index contributed by atoms with van der Waals surface area (Å²) < 4.78 is 5.34. The van der Waals surface area contributed by atoms with Crippen LogP contribution in [0.5, 0.6) is 0 Å². The molecule has 0 aliphatic heterocycles. The first-order valence-electron chi connectivity index (χ1n) is 6.57. The maximum absolute atomic E-state index is 5.34. The molecule has 1 radical (unpaired) electrons. The van der Waals surface area contributed by atoms with Crippen LogP contribution in [0.4, 0.5) is 0 Å². The summed E-state index contributed by atoms with van der Waals surface area (Å²) in [6.45, 7) is 3.93. The van der Waals surface area contributed by atoms with Crippen molar-refractivity contribution in [2.45, 2.75) is 64.7 Å². The average Bonchev–Trinajstić information content (AvgIpc) is 2.26. The molecular formula is C13H27OS. The summed E-state index contributed by atoms with van der Waals surface area (Å²) in [6, 6.07) is 0. The van der Waals surface area contributed by atoms with Crippen LogP contribution >= 0.6 is 12.6 Å². The molecule has 0 rings (SSSR count). The fraction of sp³-hybridized carbons (Fsp3) is 1.00. The van der Waals surface area contributed by atoms with Gasteiger partial charge in [0.25, 0.3) is 0 Å². The van der Waals surface area contributed by atoms with Crippen molar-refractivity contribution in [3.05, 3.63) is 0 Å². The van der Waals surface area contributed by atoms with Crippen LogP contribution in [0.25, 0.3) is 0 Å². The lowest BCUT2D eigenvalue weighted by atomic mass is 10.1. The molecular weight excluding hydrogens is 204 g/mol. The Morgan fingerprint density at radius 3 is 1.80 bits per heavy atom. The van der Waals surface area contributed by atoms with Crippen LogP contribution in [0, 0.1) is 0 Å². The lowest BCUT2D eigenvalue weighted by Crippen LogP contribution is -1.97. The summed E-state index contributed by atoms with van der Waals surface area (Å²) in [5, 5.41) is 0. The summed E-state index contributed by atoms with van der Waals surface area (Å²) in [5.74, 6) is 0.734. The van der Waals surface area contributed by atoms with E-state index in [0.717, 1.165) is 19.0 Å². The van der Waals surface area contributed by atoms with Crippen LogP contribution in [0.1, 0.15) is 64.7 Å². The Labute approximate surface area is 101 Å². The normalized spacial score (nSPS) is 10.8. The molecule has 1 nitrogen and oxygen atoms in total. The van der Waals surface area contributed by atoms with Crippen LogP contribution in [0.2, 0.25) is 0 Å². The van der Waals surface area contributed by atoms with Gasteiger partial charge in [0, 0.05) is 12.4 Å². The van der Waals surface area contributed by atoms with Crippen molar-refractivity contribution < 1.29 is 4.74 Å². The summed E-state index contributed by atoms with van der Waals surface area (Å²) in [4.78, 5) is 0. The third kappa shape index (κ3) is 14.3. The van der Waals surface area contributed by atoms with Gasteiger partial charge in [-0.25, -0.2) is 0 Å². The van der Waals surface area contributed by atoms with Gasteiger partial charge in [0.2, 0.25) is 0 Å². The van der Waals surface area contributed by atoms with Crippen molar-refractivity contribution in [3.8, 4) is 0 Å². The molecule has 0 unspecified atom stereocenters. The van der Waals surface area contributed by atoms with Crippen LogP contribution in [-0.2, 0) is 4.74 Å². The highest BCUT2D eigenvalue weighted by Crippen LogP contribution is 2.09. The first-order chi connectivity index (χ1) is 7.41. The second-order valence-electron chi connectivity index (χ2n) is 4.14. The zero-order valence-electron chi connectivity index (χ0n) is 10.3. The van der Waals surface area contributed by atoms with E-state index >= 15 is 0 Å². The Morgan fingerprint density at radius 2 is 1.27 bits per heavy atom.